The van der Waals surface area contributed by atoms with Gasteiger partial charge in [0, 0.05) is 23.1 Å². The highest BCUT2D eigenvalue weighted by molar-refractivity contribution is 5.89. The average Bonchev–Trinajstić information content (AvgIpc) is 3.21. The zero-order chi connectivity index (χ0) is 27.0. The van der Waals surface area contributed by atoms with Gasteiger partial charge >= 0.3 is 23.9 Å². The Kier molecular flexibility index (Phi) is 15.0. The average molecular weight is 491 g/mol. The van der Waals surface area contributed by atoms with Gasteiger partial charge in [-0.15, -0.1) is 0 Å². The van der Waals surface area contributed by atoms with Crippen LogP contribution in [0.2, 0.25) is 0 Å². The molecule has 1 fully saturated rings. The Hall–Kier alpha value is -3.72. The molecule has 2 unspecified atom stereocenters. The monoisotopic (exact) mass is 490 g/mol. The van der Waals surface area contributed by atoms with Gasteiger partial charge in [0.15, 0.2) is 0 Å². The van der Waals surface area contributed by atoms with Gasteiger partial charge in [-0.1, -0.05) is 50.1 Å². The number of cyclic esters (lactones) is 1. The highest BCUT2D eigenvalue weighted by atomic mass is 16.6. The Morgan fingerprint density at radius 2 is 1.49 bits per heavy atom. The second-order valence-electron chi connectivity index (χ2n) is 7.70. The van der Waals surface area contributed by atoms with E-state index in [1.54, 1.807) is 20.8 Å². The summed E-state index contributed by atoms with van der Waals surface area (Å²) in [5.41, 5.74) is 2.04. The number of benzene rings is 1. The number of aliphatic hydroxyl groups is 1. The number of hydrogen-bond donors (Lipinski definition) is 1. The van der Waals surface area contributed by atoms with Gasteiger partial charge < -0.3 is 24.1 Å². The largest absolute Gasteiger partial charge is 0.463 e. The fourth-order valence-electron chi connectivity index (χ4n) is 1.98. The van der Waals surface area contributed by atoms with Gasteiger partial charge in [0.2, 0.25) is 6.10 Å². The molecule has 1 N–H and O–H groups in total. The lowest BCUT2D eigenvalue weighted by Crippen LogP contribution is -2.22. The quantitative estimate of drug-likeness (QED) is 0.332. The van der Waals surface area contributed by atoms with E-state index < -0.39 is 30.1 Å². The molecule has 0 spiro atoms. The van der Waals surface area contributed by atoms with Crippen LogP contribution in [-0.2, 0) is 44.7 Å². The molecule has 0 saturated carbocycles. The maximum atomic E-state index is 11.0. The summed E-state index contributed by atoms with van der Waals surface area (Å²) in [7, 11) is 0. The number of carbonyl (C=O) groups is 4. The van der Waals surface area contributed by atoms with E-state index in [4.69, 9.17) is 14.6 Å². The minimum absolute atomic E-state index is 0.0334. The van der Waals surface area contributed by atoms with E-state index in [0.29, 0.717) is 30.8 Å². The molecule has 2 rings (SSSR count). The molecule has 1 aromatic rings. The van der Waals surface area contributed by atoms with E-state index in [2.05, 4.69) is 29.2 Å². The van der Waals surface area contributed by atoms with Crippen molar-refractivity contribution in [2.75, 3.05) is 13.2 Å². The van der Waals surface area contributed by atoms with Gasteiger partial charge in [-0.3, -0.25) is 0 Å². The maximum Gasteiger partial charge on any atom is 0.347 e. The Morgan fingerprint density at radius 1 is 0.971 bits per heavy atom. The van der Waals surface area contributed by atoms with Gasteiger partial charge in [0.1, 0.15) is 13.2 Å². The second-order valence-corrected chi connectivity index (χ2v) is 7.70. The molecule has 9 heteroatoms. The van der Waals surface area contributed by atoms with Crippen LogP contribution in [0, 0.1) is 0 Å². The van der Waals surface area contributed by atoms with Crippen molar-refractivity contribution in [2.24, 2.45) is 0 Å². The van der Waals surface area contributed by atoms with Crippen LogP contribution in [0.4, 0.5) is 0 Å². The summed E-state index contributed by atoms with van der Waals surface area (Å²) in [6.07, 6.45) is -0.893. The van der Waals surface area contributed by atoms with Gasteiger partial charge in [-0.2, -0.15) is 0 Å². The molecule has 1 aromatic carbocycles. The first-order valence-electron chi connectivity index (χ1n) is 10.8. The lowest BCUT2D eigenvalue weighted by Gasteiger charge is -2.06. The molecule has 0 radical (unpaired) electrons. The van der Waals surface area contributed by atoms with Crippen LogP contribution >= 0.6 is 0 Å². The zero-order valence-corrected chi connectivity index (χ0v) is 20.7. The van der Waals surface area contributed by atoms with Crippen LogP contribution in [0.25, 0.3) is 0 Å². The molecule has 35 heavy (non-hydrogen) atoms. The third-order valence-corrected chi connectivity index (χ3v) is 3.85. The number of hydrogen-bond acceptors (Lipinski definition) is 9. The molecule has 1 heterocycles. The highest BCUT2D eigenvalue weighted by Crippen LogP contribution is 2.11. The summed E-state index contributed by atoms with van der Waals surface area (Å²) < 4.78 is 18.9. The highest BCUT2D eigenvalue weighted by Gasteiger charge is 2.30. The second kappa shape index (κ2) is 16.8. The number of ether oxygens (including phenoxy) is 4. The number of esters is 4. The van der Waals surface area contributed by atoms with Crippen molar-refractivity contribution in [1.29, 1.82) is 0 Å². The van der Waals surface area contributed by atoms with Crippen molar-refractivity contribution >= 4 is 23.9 Å². The van der Waals surface area contributed by atoms with E-state index in [-0.39, 0.29) is 18.1 Å². The Morgan fingerprint density at radius 3 is 1.91 bits per heavy atom. The predicted octanol–water partition coefficient (Wildman–Crippen LogP) is 3.21. The summed E-state index contributed by atoms with van der Waals surface area (Å²) in [5, 5.41) is 8.68. The summed E-state index contributed by atoms with van der Waals surface area (Å²) in [5.74, 6) is -1.81. The van der Waals surface area contributed by atoms with Crippen molar-refractivity contribution in [3.05, 3.63) is 72.4 Å². The first kappa shape index (κ1) is 31.3. The minimum Gasteiger partial charge on any atom is -0.463 e. The maximum absolute atomic E-state index is 11.0. The lowest BCUT2D eigenvalue weighted by atomic mass is 10.2. The first-order chi connectivity index (χ1) is 16.3. The van der Waals surface area contributed by atoms with E-state index >= 15 is 0 Å². The zero-order valence-electron chi connectivity index (χ0n) is 20.7. The summed E-state index contributed by atoms with van der Waals surface area (Å²) in [4.78, 5) is 43.3. The van der Waals surface area contributed by atoms with Crippen molar-refractivity contribution in [3.63, 3.8) is 0 Å². The van der Waals surface area contributed by atoms with E-state index in [9.17, 15) is 19.2 Å². The fraction of sp³-hybridized carbons (Fsp3) is 0.385. The van der Waals surface area contributed by atoms with E-state index in [1.165, 1.54) is 6.92 Å². The van der Waals surface area contributed by atoms with E-state index in [1.807, 2.05) is 30.3 Å². The van der Waals surface area contributed by atoms with Gasteiger partial charge in [-0.05, 0) is 33.3 Å². The number of rotatable bonds is 8. The van der Waals surface area contributed by atoms with Crippen molar-refractivity contribution < 1.29 is 43.2 Å². The molecule has 192 valence electrons. The molecular weight excluding hydrogens is 456 g/mol. The normalized spacial score (nSPS) is 14.4. The Bertz CT molecular complexity index is 901. The third-order valence-electron chi connectivity index (χ3n) is 3.85. The first-order valence-corrected chi connectivity index (χ1v) is 10.8. The van der Waals surface area contributed by atoms with Crippen LogP contribution < -0.4 is 0 Å². The predicted molar refractivity (Wildman–Crippen MR) is 129 cm³/mol. The van der Waals surface area contributed by atoms with Crippen molar-refractivity contribution in [1.82, 2.24) is 0 Å². The van der Waals surface area contributed by atoms with Crippen LogP contribution in [0.15, 0.2) is 66.8 Å². The Labute approximate surface area is 206 Å². The fourth-order valence-corrected chi connectivity index (χ4v) is 1.98. The molecule has 1 saturated heterocycles. The number of aliphatic hydroxyl groups excluding tert-OH is 1. The molecule has 0 aliphatic carbocycles. The van der Waals surface area contributed by atoms with Crippen LogP contribution in [0.5, 0.6) is 0 Å². The Balaban J connectivity index is 0.000000501. The molecule has 0 bridgehead atoms. The topological polar surface area (TPSA) is 125 Å². The molecule has 0 aromatic heterocycles. The van der Waals surface area contributed by atoms with E-state index in [0.717, 1.165) is 5.56 Å². The molecule has 0 amide bonds. The minimum atomic E-state index is -0.728. The van der Waals surface area contributed by atoms with Crippen LogP contribution in [0.1, 0.15) is 39.7 Å². The third kappa shape index (κ3) is 14.9. The SMILES string of the molecule is C=C(C)C(=O)OC1CCOC1=O.C=C(C)C(=O)OCC(C)O.C=C(C)C(=O)OCc1ccccc1. The molecular formula is C26H34O9. The molecule has 1 aliphatic rings. The summed E-state index contributed by atoms with van der Waals surface area (Å²) in [6, 6.07) is 9.55. The van der Waals surface area contributed by atoms with Crippen molar-refractivity contribution in [2.45, 2.75) is 52.9 Å². The number of carbonyl (C=O) groups excluding carboxylic acids is 4. The lowest BCUT2D eigenvalue weighted by molar-refractivity contribution is -0.157. The van der Waals surface area contributed by atoms with Crippen molar-refractivity contribution in [3.8, 4) is 0 Å². The van der Waals surface area contributed by atoms with Gasteiger partial charge in [0.25, 0.3) is 0 Å². The van der Waals surface area contributed by atoms with Crippen LogP contribution in [-0.4, -0.2) is 54.4 Å². The standard InChI is InChI=1S/C11H12O2.C8H10O4.C7H12O3/c1-9(2)11(12)13-8-10-6-4-3-5-7-10;1-5(2)7(9)12-6-3-4-11-8(6)10;1-5(2)7(9)10-4-6(3)8/h3-7H,1,8H2,2H3;6H,1,3-4H2,2H3;6,8H,1,4H2,2-3H3. The molecule has 2 atom stereocenters. The summed E-state index contributed by atoms with van der Waals surface area (Å²) in [6.45, 7) is 17.2. The molecule has 1 aliphatic heterocycles. The van der Waals surface area contributed by atoms with Gasteiger partial charge in [0.05, 0.1) is 12.7 Å². The van der Waals surface area contributed by atoms with Gasteiger partial charge in [-0.25, -0.2) is 19.2 Å². The smallest absolute Gasteiger partial charge is 0.347 e. The molecule has 9 nitrogen and oxygen atoms in total. The summed E-state index contributed by atoms with van der Waals surface area (Å²) >= 11 is 0. The van der Waals surface area contributed by atoms with Crippen LogP contribution in [0.3, 0.4) is 0 Å².